The van der Waals surface area contributed by atoms with Crippen LogP contribution < -0.4 is 5.32 Å². The Morgan fingerprint density at radius 2 is 2.38 bits per heavy atom. The Labute approximate surface area is 96.9 Å². The van der Waals surface area contributed by atoms with Crippen LogP contribution in [0.1, 0.15) is 39.0 Å². The van der Waals surface area contributed by atoms with E-state index >= 15 is 0 Å². The fraction of sp³-hybridized carbons (Fsp3) is 0.909. The lowest BCUT2D eigenvalue weighted by atomic mass is 9.74. The third kappa shape index (κ3) is 2.41. The summed E-state index contributed by atoms with van der Waals surface area (Å²) in [5.41, 5.74) is -0.529. The Bertz CT molecular complexity index is 274. The predicted molar refractivity (Wildman–Crippen MR) is 61.9 cm³/mol. The SMILES string of the molecule is C[C@H]1CCNC2(CCCCB(O)OC2=O)C1. The third-order valence-corrected chi connectivity index (χ3v) is 3.74. The molecule has 1 spiro atoms. The van der Waals surface area contributed by atoms with Gasteiger partial charge in [0.05, 0.1) is 0 Å². The molecule has 1 unspecified atom stereocenters. The molecule has 2 atom stereocenters. The van der Waals surface area contributed by atoms with Crippen LogP contribution in [0.5, 0.6) is 0 Å². The molecule has 2 aliphatic heterocycles. The van der Waals surface area contributed by atoms with E-state index in [1.54, 1.807) is 0 Å². The van der Waals surface area contributed by atoms with Gasteiger partial charge in [-0.15, -0.1) is 0 Å². The average Bonchev–Trinajstić information content (AvgIpc) is 2.23. The summed E-state index contributed by atoms with van der Waals surface area (Å²) in [6.07, 6.45) is 5.24. The molecule has 4 nitrogen and oxygen atoms in total. The Balaban J connectivity index is 2.12. The Kier molecular flexibility index (Phi) is 3.55. The smallest absolute Gasteiger partial charge is 0.508 e. The van der Waals surface area contributed by atoms with Crippen molar-refractivity contribution in [3.8, 4) is 0 Å². The molecule has 0 aromatic heterocycles. The number of carbonyl (C=O) groups is 1. The maximum atomic E-state index is 12.1. The van der Waals surface area contributed by atoms with Crippen LogP contribution in [0.4, 0.5) is 0 Å². The van der Waals surface area contributed by atoms with Crippen molar-refractivity contribution in [2.75, 3.05) is 6.54 Å². The van der Waals surface area contributed by atoms with E-state index in [4.69, 9.17) is 4.65 Å². The summed E-state index contributed by atoms with van der Waals surface area (Å²) in [4.78, 5) is 12.1. The fourth-order valence-corrected chi connectivity index (χ4v) is 2.82. The van der Waals surface area contributed by atoms with Gasteiger partial charge in [-0.2, -0.15) is 0 Å². The first-order valence-corrected chi connectivity index (χ1v) is 6.26. The Hall–Kier alpha value is -0.545. The highest BCUT2D eigenvalue weighted by Gasteiger charge is 2.44. The maximum Gasteiger partial charge on any atom is 0.524 e. The normalized spacial score (nSPS) is 36.8. The summed E-state index contributed by atoms with van der Waals surface area (Å²) >= 11 is 0. The summed E-state index contributed by atoms with van der Waals surface area (Å²) in [5, 5.41) is 12.8. The average molecular weight is 225 g/mol. The van der Waals surface area contributed by atoms with E-state index in [1.165, 1.54) is 0 Å². The minimum Gasteiger partial charge on any atom is -0.508 e. The second kappa shape index (κ2) is 4.76. The van der Waals surface area contributed by atoms with E-state index in [-0.39, 0.29) is 5.97 Å². The summed E-state index contributed by atoms with van der Waals surface area (Å²) < 4.78 is 5.09. The zero-order chi connectivity index (χ0) is 11.6. The molecule has 2 N–H and O–H groups in total. The van der Waals surface area contributed by atoms with Crippen LogP contribution in [0.15, 0.2) is 0 Å². The molecule has 0 aromatic rings. The molecule has 16 heavy (non-hydrogen) atoms. The quantitative estimate of drug-likeness (QED) is 0.602. The van der Waals surface area contributed by atoms with Gasteiger partial charge in [-0.05, 0) is 38.0 Å². The van der Waals surface area contributed by atoms with Crippen LogP contribution in [0.3, 0.4) is 0 Å². The highest BCUT2D eigenvalue weighted by Crippen LogP contribution is 2.32. The van der Waals surface area contributed by atoms with Gasteiger partial charge in [0, 0.05) is 0 Å². The van der Waals surface area contributed by atoms with Gasteiger partial charge < -0.3 is 15.0 Å². The summed E-state index contributed by atoms with van der Waals surface area (Å²) in [6.45, 7) is 3.04. The minimum absolute atomic E-state index is 0.258. The lowest BCUT2D eigenvalue weighted by molar-refractivity contribution is -0.146. The number of hydrogen-bond donors (Lipinski definition) is 2. The lowest BCUT2D eigenvalue weighted by Crippen LogP contribution is -2.58. The first-order valence-electron chi connectivity index (χ1n) is 6.26. The molecule has 2 fully saturated rings. The van der Waals surface area contributed by atoms with Gasteiger partial charge in [0.1, 0.15) is 5.54 Å². The molecule has 5 heteroatoms. The van der Waals surface area contributed by atoms with Gasteiger partial charge >= 0.3 is 13.1 Å². The molecule has 90 valence electrons. The number of rotatable bonds is 0. The van der Waals surface area contributed by atoms with E-state index in [9.17, 15) is 9.82 Å². The maximum absolute atomic E-state index is 12.1. The van der Waals surface area contributed by atoms with Crippen molar-refractivity contribution in [2.24, 2.45) is 5.92 Å². The van der Waals surface area contributed by atoms with Crippen molar-refractivity contribution in [1.29, 1.82) is 0 Å². The zero-order valence-electron chi connectivity index (χ0n) is 9.87. The molecule has 0 radical (unpaired) electrons. The van der Waals surface area contributed by atoms with Crippen LogP contribution in [0.25, 0.3) is 0 Å². The Morgan fingerprint density at radius 1 is 1.56 bits per heavy atom. The zero-order valence-corrected chi connectivity index (χ0v) is 9.87. The van der Waals surface area contributed by atoms with Crippen molar-refractivity contribution >= 4 is 13.1 Å². The molecular formula is C11H20BNO3. The third-order valence-electron chi connectivity index (χ3n) is 3.74. The number of piperidine rings is 1. The largest absolute Gasteiger partial charge is 0.524 e. The summed E-state index contributed by atoms with van der Waals surface area (Å²) in [6, 6.07) is 0. The van der Waals surface area contributed by atoms with E-state index in [0.29, 0.717) is 12.2 Å². The number of carbonyl (C=O) groups excluding carboxylic acids is 1. The molecule has 2 aliphatic rings. The van der Waals surface area contributed by atoms with Crippen molar-refractivity contribution < 1.29 is 14.5 Å². The summed E-state index contributed by atoms with van der Waals surface area (Å²) in [5.74, 6) is 0.289. The standard InChI is InChI=1S/C11H20BNO3/c1-9-4-7-13-11(8-9)5-2-3-6-12(15)16-10(11)14/h9,13,15H,2-8H2,1H3/t9-,11?/m0/s1. The molecular weight excluding hydrogens is 205 g/mol. The first kappa shape index (κ1) is 11.9. The van der Waals surface area contributed by atoms with Gasteiger partial charge in [0.2, 0.25) is 0 Å². The van der Waals surface area contributed by atoms with Crippen LogP contribution >= 0.6 is 0 Å². The molecule has 0 aliphatic carbocycles. The van der Waals surface area contributed by atoms with Crippen LogP contribution in [0.2, 0.25) is 6.32 Å². The second-order valence-electron chi connectivity index (χ2n) is 5.21. The molecule has 2 rings (SSSR count). The van der Waals surface area contributed by atoms with Gasteiger partial charge in [0.25, 0.3) is 0 Å². The predicted octanol–water partition coefficient (Wildman–Crippen LogP) is 0.952. The van der Waals surface area contributed by atoms with Crippen molar-refractivity contribution in [1.82, 2.24) is 5.32 Å². The van der Waals surface area contributed by atoms with Gasteiger partial charge in [-0.3, -0.25) is 4.79 Å². The van der Waals surface area contributed by atoms with E-state index in [2.05, 4.69) is 12.2 Å². The summed E-state index contributed by atoms with van der Waals surface area (Å²) in [7, 11) is -0.913. The fourth-order valence-electron chi connectivity index (χ4n) is 2.82. The van der Waals surface area contributed by atoms with Crippen molar-refractivity contribution in [2.45, 2.75) is 50.9 Å². The van der Waals surface area contributed by atoms with Gasteiger partial charge in [-0.1, -0.05) is 19.8 Å². The van der Waals surface area contributed by atoms with E-state index in [1.807, 2.05) is 0 Å². The highest BCUT2D eigenvalue weighted by molar-refractivity contribution is 6.45. The van der Waals surface area contributed by atoms with Crippen LogP contribution in [-0.4, -0.2) is 30.2 Å². The highest BCUT2D eigenvalue weighted by atomic mass is 16.6. The van der Waals surface area contributed by atoms with E-state index < -0.39 is 12.7 Å². The van der Waals surface area contributed by atoms with Gasteiger partial charge in [-0.25, -0.2) is 0 Å². The van der Waals surface area contributed by atoms with Crippen LogP contribution in [-0.2, 0) is 9.45 Å². The van der Waals surface area contributed by atoms with Gasteiger partial charge in [0.15, 0.2) is 0 Å². The molecule has 0 amide bonds. The monoisotopic (exact) mass is 225 g/mol. The molecule has 2 heterocycles. The minimum atomic E-state index is -0.913. The molecule has 0 bridgehead atoms. The topological polar surface area (TPSA) is 58.6 Å². The molecule has 0 saturated carbocycles. The molecule has 2 saturated heterocycles. The lowest BCUT2D eigenvalue weighted by Gasteiger charge is -2.40. The van der Waals surface area contributed by atoms with E-state index in [0.717, 1.165) is 38.6 Å². The second-order valence-corrected chi connectivity index (χ2v) is 5.21. The van der Waals surface area contributed by atoms with Crippen molar-refractivity contribution in [3.05, 3.63) is 0 Å². The first-order chi connectivity index (χ1) is 7.62. The van der Waals surface area contributed by atoms with Crippen molar-refractivity contribution in [3.63, 3.8) is 0 Å². The Morgan fingerprint density at radius 3 is 3.12 bits per heavy atom. The van der Waals surface area contributed by atoms with Crippen LogP contribution in [0, 0.1) is 5.92 Å². The number of hydrogen-bond acceptors (Lipinski definition) is 4. The number of nitrogens with one attached hydrogen (secondary N) is 1. The molecule has 0 aromatic carbocycles.